The standard InChI is InChI=1S/C15H25N5O/c1-2-20-8-5-12(6-9-20)10-17-11-13-4-3-7-18-14(13)15(16)19-21/h3-4,7,12,17,21H,2,5-6,8-11H2,1H3,(H2,16,19). The van der Waals surface area contributed by atoms with Gasteiger partial charge in [-0.2, -0.15) is 0 Å². The summed E-state index contributed by atoms with van der Waals surface area (Å²) in [5.41, 5.74) is 7.15. The molecule has 0 unspecified atom stereocenters. The molecule has 0 aliphatic carbocycles. The molecule has 6 heteroatoms. The van der Waals surface area contributed by atoms with Crippen molar-refractivity contribution >= 4 is 5.84 Å². The van der Waals surface area contributed by atoms with Gasteiger partial charge in [-0.15, -0.1) is 0 Å². The van der Waals surface area contributed by atoms with E-state index in [0.717, 1.165) is 24.6 Å². The van der Waals surface area contributed by atoms with Crippen molar-refractivity contribution in [2.24, 2.45) is 16.8 Å². The minimum Gasteiger partial charge on any atom is -0.409 e. The average Bonchev–Trinajstić information content (AvgIpc) is 2.55. The van der Waals surface area contributed by atoms with Gasteiger partial charge in [0, 0.05) is 12.7 Å². The summed E-state index contributed by atoms with van der Waals surface area (Å²) in [4.78, 5) is 6.67. The van der Waals surface area contributed by atoms with Crippen LogP contribution in [-0.4, -0.2) is 47.1 Å². The van der Waals surface area contributed by atoms with Gasteiger partial charge in [0.1, 0.15) is 5.69 Å². The van der Waals surface area contributed by atoms with Gasteiger partial charge in [0.15, 0.2) is 5.84 Å². The van der Waals surface area contributed by atoms with Crippen molar-refractivity contribution in [3.63, 3.8) is 0 Å². The third-order valence-electron chi connectivity index (χ3n) is 4.14. The van der Waals surface area contributed by atoms with Gasteiger partial charge < -0.3 is 21.2 Å². The SMILES string of the molecule is CCN1CCC(CNCc2cccnc2C(N)=NO)CC1. The molecule has 21 heavy (non-hydrogen) atoms. The van der Waals surface area contributed by atoms with Crippen LogP contribution in [0, 0.1) is 5.92 Å². The number of hydrogen-bond acceptors (Lipinski definition) is 5. The Hall–Kier alpha value is -1.66. The first kappa shape index (κ1) is 15.7. The van der Waals surface area contributed by atoms with Crippen molar-refractivity contribution in [1.29, 1.82) is 0 Å². The third-order valence-corrected chi connectivity index (χ3v) is 4.14. The molecule has 1 aliphatic heterocycles. The van der Waals surface area contributed by atoms with E-state index in [1.54, 1.807) is 6.20 Å². The van der Waals surface area contributed by atoms with E-state index in [0.29, 0.717) is 12.2 Å². The van der Waals surface area contributed by atoms with Crippen LogP contribution >= 0.6 is 0 Å². The molecule has 1 fully saturated rings. The fraction of sp³-hybridized carbons (Fsp3) is 0.600. The highest BCUT2D eigenvalue weighted by atomic mass is 16.4. The molecule has 0 atom stereocenters. The lowest BCUT2D eigenvalue weighted by molar-refractivity contribution is 0.190. The number of amidine groups is 1. The summed E-state index contributed by atoms with van der Waals surface area (Å²) in [6.45, 7) is 7.46. The molecule has 0 aromatic carbocycles. The Balaban J connectivity index is 1.82. The van der Waals surface area contributed by atoms with Gasteiger partial charge >= 0.3 is 0 Å². The summed E-state index contributed by atoms with van der Waals surface area (Å²) in [6.07, 6.45) is 4.15. The van der Waals surface area contributed by atoms with Crippen LogP contribution in [0.2, 0.25) is 0 Å². The summed E-state index contributed by atoms with van der Waals surface area (Å²) in [6, 6.07) is 3.82. The van der Waals surface area contributed by atoms with E-state index in [4.69, 9.17) is 10.9 Å². The zero-order chi connectivity index (χ0) is 15.1. The first-order valence-electron chi connectivity index (χ1n) is 7.59. The zero-order valence-corrected chi connectivity index (χ0v) is 12.6. The maximum atomic E-state index is 8.79. The normalized spacial score (nSPS) is 18.0. The first-order chi connectivity index (χ1) is 10.2. The second-order valence-electron chi connectivity index (χ2n) is 5.50. The molecule has 0 saturated carbocycles. The Morgan fingerprint density at radius 3 is 2.95 bits per heavy atom. The number of nitrogens with one attached hydrogen (secondary N) is 1. The lowest BCUT2D eigenvalue weighted by Crippen LogP contribution is -2.37. The molecule has 116 valence electrons. The minimum absolute atomic E-state index is 0.0589. The van der Waals surface area contributed by atoms with Gasteiger partial charge in [0.05, 0.1) is 0 Å². The summed E-state index contributed by atoms with van der Waals surface area (Å²) in [5.74, 6) is 0.792. The number of oxime groups is 1. The quantitative estimate of drug-likeness (QED) is 0.315. The monoisotopic (exact) mass is 291 g/mol. The van der Waals surface area contributed by atoms with Crippen LogP contribution in [0.4, 0.5) is 0 Å². The maximum absolute atomic E-state index is 8.79. The van der Waals surface area contributed by atoms with Crippen molar-refractivity contribution in [2.45, 2.75) is 26.3 Å². The molecule has 0 radical (unpaired) electrons. The number of nitrogens with two attached hydrogens (primary N) is 1. The average molecular weight is 291 g/mol. The topological polar surface area (TPSA) is 86.8 Å². The van der Waals surface area contributed by atoms with Crippen LogP contribution in [0.5, 0.6) is 0 Å². The zero-order valence-electron chi connectivity index (χ0n) is 12.6. The van der Waals surface area contributed by atoms with Crippen LogP contribution in [0.1, 0.15) is 31.0 Å². The molecular formula is C15H25N5O. The Bertz CT molecular complexity index is 469. The number of piperidine rings is 1. The van der Waals surface area contributed by atoms with Crippen LogP contribution in [0.25, 0.3) is 0 Å². The molecule has 0 spiro atoms. The van der Waals surface area contributed by atoms with E-state index >= 15 is 0 Å². The van der Waals surface area contributed by atoms with Crippen molar-refractivity contribution in [3.05, 3.63) is 29.6 Å². The number of nitrogens with zero attached hydrogens (tertiary/aromatic N) is 3. The lowest BCUT2D eigenvalue weighted by atomic mass is 9.97. The summed E-state index contributed by atoms with van der Waals surface area (Å²) in [5, 5.41) is 15.3. The molecule has 1 aromatic heterocycles. The minimum atomic E-state index is 0.0589. The molecule has 1 aromatic rings. The molecule has 1 saturated heterocycles. The van der Waals surface area contributed by atoms with E-state index in [1.165, 1.54) is 25.9 Å². The second-order valence-corrected chi connectivity index (χ2v) is 5.50. The van der Waals surface area contributed by atoms with Crippen molar-refractivity contribution < 1.29 is 5.21 Å². The van der Waals surface area contributed by atoms with Crippen LogP contribution < -0.4 is 11.1 Å². The maximum Gasteiger partial charge on any atom is 0.189 e. The molecule has 4 N–H and O–H groups in total. The van der Waals surface area contributed by atoms with E-state index < -0.39 is 0 Å². The molecule has 1 aliphatic rings. The van der Waals surface area contributed by atoms with E-state index in [1.807, 2.05) is 12.1 Å². The van der Waals surface area contributed by atoms with Gasteiger partial charge in [0.2, 0.25) is 0 Å². The van der Waals surface area contributed by atoms with E-state index in [-0.39, 0.29) is 5.84 Å². The summed E-state index contributed by atoms with van der Waals surface area (Å²) in [7, 11) is 0. The fourth-order valence-electron chi connectivity index (χ4n) is 2.78. The van der Waals surface area contributed by atoms with Gasteiger partial charge in [0.25, 0.3) is 0 Å². The van der Waals surface area contributed by atoms with Crippen molar-refractivity contribution in [1.82, 2.24) is 15.2 Å². The second kappa shape index (κ2) is 7.95. The Morgan fingerprint density at radius 1 is 1.52 bits per heavy atom. The van der Waals surface area contributed by atoms with Crippen LogP contribution in [0.15, 0.2) is 23.5 Å². The summed E-state index contributed by atoms with van der Waals surface area (Å²) < 4.78 is 0. The number of rotatable bonds is 6. The number of pyridine rings is 1. The molecule has 0 amide bonds. The van der Waals surface area contributed by atoms with Crippen LogP contribution in [0.3, 0.4) is 0 Å². The first-order valence-corrected chi connectivity index (χ1v) is 7.59. The summed E-state index contributed by atoms with van der Waals surface area (Å²) >= 11 is 0. The van der Waals surface area contributed by atoms with Gasteiger partial charge in [-0.05, 0) is 56.6 Å². The molecule has 0 bridgehead atoms. The lowest BCUT2D eigenvalue weighted by Gasteiger charge is -2.31. The van der Waals surface area contributed by atoms with E-state index in [9.17, 15) is 0 Å². The highest BCUT2D eigenvalue weighted by molar-refractivity contribution is 5.96. The smallest absolute Gasteiger partial charge is 0.189 e. The third kappa shape index (κ3) is 4.41. The van der Waals surface area contributed by atoms with Crippen molar-refractivity contribution in [3.8, 4) is 0 Å². The molecule has 2 heterocycles. The van der Waals surface area contributed by atoms with Gasteiger partial charge in [-0.1, -0.05) is 18.1 Å². The van der Waals surface area contributed by atoms with Crippen LogP contribution in [-0.2, 0) is 6.54 Å². The Morgan fingerprint density at radius 2 is 2.29 bits per heavy atom. The Labute approximate surface area is 126 Å². The largest absolute Gasteiger partial charge is 0.409 e. The molecule has 2 rings (SSSR count). The number of hydrogen-bond donors (Lipinski definition) is 3. The molecule has 6 nitrogen and oxygen atoms in total. The van der Waals surface area contributed by atoms with Gasteiger partial charge in [-0.3, -0.25) is 4.98 Å². The number of likely N-dealkylation sites (tertiary alicyclic amines) is 1. The van der Waals surface area contributed by atoms with Crippen molar-refractivity contribution in [2.75, 3.05) is 26.2 Å². The predicted molar refractivity (Wildman–Crippen MR) is 83.3 cm³/mol. The predicted octanol–water partition coefficient (Wildman–Crippen LogP) is 0.998. The highest BCUT2D eigenvalue weighted by Crippen LogP contribution is 2.16. The Kier molecular flexibility index (Phi) is 5.95. The fourth-order valence-corrected chi connectivity index (χ4v) is 2.78. The van der Waals surface area contributed by atoms with E-state index in [2.05, 4.69) is 27.3 Å². The number of aromatic nitrogens is 1. The highest BCUT2D eigenvalue weighted by Gasteiger charge is 2.17. The molecular weight excluding hydrogens is 266 g/mol. The van der Waals surface area contributed by atoms with Gasteiger partial charge in [-0.25, -0.2) is 0 Å².